The Morgan fingerprint density at radius 3 is 1.44 bits per heavy atom. The number of halogens is 4. The fourth-order valence-electron chi connectivity index (χ4n) is 4.15. The largest absolute Gasteiger partial charge is 1.00 e. The van der Waals surface area contributed by atoms with Crippen LogP contribution in [0.25, 0.3) is 0 Å². The summed E-state index contributed by atoms with van der Waals surface area (Å²) < 4.78 is 70.0. The summed E-state index contributed by atoms with van der Waals surface area (Å²) in [5.41, 5.74) is 2.29. The number of carbonyl (C=O) groups is 3. The molecule has 0 radical (unpaired) electrons. The molecule has 0 aliphatic carbocycles. The second kappa shape index (κ2) is 27.8. The van der Waals surface area contributed by atoms with Crippen molar-refractivity contribution in [2.45, 2.75) is 98.7 Å². The zero-order chi connectivity index (χ0) is 39.7. The second-order valence-corrected chi connectivity index (χ2v) is 11.3. The van der Waals surface area contributed by atoms with Gasteiger partial charge in [0.2, 0.25) is 0 Å². The number of carbonyl (C=O) groups excluding carboxylic acids is 3. The number of aryl methyl sites for hydroxylation is 3. The third kappa shape index (κ3) is 18.8. The predicted octanol–water partition coefficient (Wildman–Crippen LogP) is 1.18. The zero-order valence-electron chi connectivity index (χ0n) is 33.2. The third-order valence-corrected chi connectivity index (χ3v) is 7.19. The van der Waals surface area contributed by atoms with Crippen molar-refractivity contribution in [3.05, 3.63) is 88.0 Å². The normalized spacial score (nSPS) is 11.2. The molecule has 0 saturated heterocycles. The average Bonchev–Trinajstić information content (AvgIpc) is 3.11. The van der Waals surface area contributed by atoms with Gasteiger partial charge in [-0.3, -0.25) is 4.79 Å². The summed E-state index contributed by atoms with van der Waals surface area (Å²) in [6, 6.07) is 13.8. The van der Waals surface area contributed by atoms with E-state index in [1.807, 2.05) is 6.92 Å². The van der Waals surface area contributed by atoms with Gasteiger partial charge in [0.05, 0.1) is 29.8 Å². The summed E-state index contributed by atoms with van der Waals surface area (Å²) in [5.74, 6) is -8.14. The molecule has 0 aliphatic rings. The molecule has 16 heteroatoms. The van der Waals surface area contributed by atoms with Crippen molar-refractivity contribution in [3.63, 3.8) is 0 Å². The molecule has 3 N–H and O–H groups in total. The van der Waals surface area contributed by atoms with E-state index in [0.29, 0.717) is 23.1 Å². The number of phenolic OH excluding ortho intramolecular Hbond substituents is 1. The molecule has 0 aromatic heterocycles. The van der Waals surface area contributed by atoms with Gasteiger partial charge in [0.25, 0.3) is 11.8 Å². The Kier molecular flexibility index (Phi) is 29.9. The van der Waals surface area contributed by atoms with Gasteiger partial charge in [0.1, 0.15) is 23.4 Å². The van der Waals surface area contributed by atoms with Crippen LogP contribution in [-0.2, 0) is 26.2 Å². The maximum absolute atomic E-state index is 13.9. The number of ether oxygens (including phenoxy) is 3. The number of esters is 1. The first-order valence-electron chi connectivity index (χ1n) is 16.1. The van der Waals surface area contributed by atoms with Gasteiger partial charge >= 0.3 is 65.1 Å². The summed E-state index contributed by atoms with van der Waals surface area (Å²) in [7, 11) is 2.22. The summed E-state index contributed by atoms with van der Waals surface area (Å²) >= 11 is 0. The molecule has 0 bridgehead atoms. The van der Waals surface area contributed by atoms with E-state index in [1.165, 1.54) is 59.1 Å². The summed E-state index contributed by atoms with van der Waals surface area (Å²) in [5, 5.41) is 26.9. The van der Waals surface area contributed by atoms with E-state index in [2.05, 4.69) is 4.74 Å². The van der Waals surface area contributed by atoms with Crippen molar-refractivity contribution < 1.29 is 126 Å². The average molecular weight is 789 g/mol. The monoisotopic (exact) mass is 788 g/mol. The molecule has 3 aromatic carbocycles. The van der Waals surface area contributed by atoms with Crippen LogP contribution in [0.1, 0.15) is 92.1 Å². The number of phenols is 1. The molecule has 0 heterocycles. The molecule has 0 amide bonds. The van der Waals surface area contributed by atoms with Gasteiger partial charge in [0.15, 0.2) is 11.9 Å². The number of methoxy groups -OCH3 is 1. The molecule has 0 saturated carbocycles. The number of aliphatic hydroxyl groups is 1. The number of ketones is 1. The Morgan fingerprint density at radius 2 is 1.09 bits per heavy atom. The maximum atomic E-state index is 13.9. The Morgan fingerprint density at radius 1 is 0.722 bits per heavy atom. The van der Waals surface area contributed by atoms with Gasteiger partial charge < -0.3 is 39.8 Å². The predicted molar refractivity (Wildman–Crippen MR) is 185 cm³/mol. The SMILES string of the molecule is CCC(=O)c1cc(C)ccc1O.CCC(F)(F)c1cc(C)ccc1O[C@@H](C)C(=O)OC.CCC(F)(F)c1cc(C)ccc1O[C@@H](C)C(=O)[O-].CO.[Na+].[Na+].[OH-]. The number of benzene rings is 3. The van der Waals surface area contributed by atoms with Gasteiger partial charge in [-0.1, -0.05) is 55.7 Å². The van der Waals surface area contributed by atoms with Crippen LogP contribution in [0.4, 0.5) is 17.6 Å². The second-order valence-electron chi connectivity index (χ2n) is 11.3. The Balaban J connectivity index is -0.000000337. The van der Waals surface area contributed by atoms with E-state index in [4.69, 9.17) is 14.6 Å². The van der Waals surface area contributed by atoms with Crippen molar-refractivity contribution in [1.82, 2.24) is 0 Å². The van der Waals surface area contributed by atoms with Crippen LogP contribution >= 0.6 is 0 Å². The molecule has 0 spiro atoms. The summed E-state index contributed by atoms with van der Waals surface area (Å²) in [6.45, 7) is 12.5. The smallest absolute Gasteiger partial charge is 0.870 e. The number of carboxylic acid groups (broad SMARTS) is 1. The van der Waals surface area contributed by atoms with E-state index in [1.54, 1.807) is 51.1 Å². The van der Waals surface area contributed by atoms with Crippen molar-refractivity contribution in [3.8, 4) is 17.2 Å². The molecule has 10 nitrogen and oxygen atoms in total. The standard InChI is InChI=1S/C14H18F2O3.C13H16F2O3.C10H12O2.CH4O.2Na.H2O/c1-5-14(15,16)11-8-9(2)6-7-12(11)19-10(3)13(17)18-4;1-4-13(14,15)10-7-8(2)5-6-11(10)18-9(3)12(16)17;1-3-9(11)8-6-7(2)4-5-10(8)12;1-2;;;/h6-8,10H,5H2,1-4H3;5-7,9H,4H2,1-3H3,(H,16,17);4-6,12H,3H2,1-2H3;2H,1H3;;;1H2/q;;;;2*+1;/p-2/t10-;9-;;;;;/m00...../s1. The number of aliphatic hydroxyl groups excluding tert-OH is 1. The quantitative estimate of drug-likeness (QED) is 0.118. The van der Waals surface area contributed by atoms with Crippen molar-refractivity contribution in [2.75, 3.05) is 14.2 Å². The fourth-order valence-corrected chi connectivity index (χ4v) is 4.15. The molecule has 2 atom stereocenters. The van der Waals surface area contributed by atoms with E-state index in [-0.39, 0.29) is 112 Å². The van der Waals surface area contributed by atoms with Crippen LogP contribution in [0.15, 0.2) is 54.6 Å². The minimum absolute atomic E-state index is 0. The van der Waals surface area contributed by atoms with Crippen LogP contribution in [-0.4, -0.2) is 59.8 Å². The molecule has 0 unspecified atom stereocenters. The van der Waals surface area contributed by atoms with Crippen molar-refractivity contribution in [1.29, 1.82) is 0 Å². The van der Waals surface area contributed by atoms with Gasteiger partial charge in [0, 0.05) is 26.4 Å². The topological polar surface area (TPSA) is 172 Å². The van der Waals surface area contributed by atoms with Gasteiger partial charge in [-0.25, -0.2) is 22.4 Å². The molecular formula is C38H50F4Na2O10. The Labute approximate surface area is 359 Å². The number of hydrogen-bond donors (Lipinski definition) is 2. The minimum atomic E-state index is -3.05. The number of Topliss-reactive ketones (excluding diaryl/α,β-unsaturated/α-hetero) is 1. The first kappa shape index (κ1) is 58.0. The summed E-state index contributed by atoms with van der Waals surface area (Å²) in [6.07, 6.45) is -2.50. The van der Waals surface area contributed by atoms with E-state index < -0.39 is 36.0 Å². The zero-order valence-corrected chi connectivity index (χ0v) is 37.2. The van der Waals surface area contributed by atoms with Crippen LogP contribution in [0, 0.1) is 20.8 Å². The number of aliphatic carboxylic acids is 1. The van der Waals surface area contributed by atoms with Crippen LogP contribution < -0.4 is 73.7 Å². The van der Waals surface area contributed by atoms with Gasteiger partial charge in [-0.15, -0.1) is 0 Å². The number of aromatic hydroxyl groups is 1. The minimum Gasteiger partial charge on any atom is -0.870 e. The number of carboxylic acids is 1. The fraction of sp³-hybridized carbons (Fsp3) is 0.447. The number of hydrogen-bond acceptors (Lipinski definition) is 10. The van der Waals surface area contributed by atoms with Crippen LogP contribution in [0.2, 0.25) is 0 Å². The van der Waals surface area contributed by atoms with E-state index in [9.17, 15) is 42.2 Å². The molecule has 0 aliphatic heterocycles. The third-order valence-electron chi connectivity index (χ3n) is 7.19. The summed E-state index contributed by atoms with van der Waals surface area (Å²) in [4.78, 5) is 33.1. The molecule has 0 fully saturated rings. The Bertz CT molecular complexity index is 1590. The van der Waals surface area contributed by atoms with E-state index >= 15 is 0 Å². The van der Waals surface area contributed by atoms with Gasteiger partial charge in [-0.2, -0.15) is 0 Å². The molecule has 3 aromatic rings. The molecule has 54 heavy (non-hydrogen) atoms. The van der Waals surface area contributed by atoms with E-state index in [0.717, 1.165) is 12.7 Å². The molecular weight excluding hydrogens is 738 g/mol. The van der Waals surface area contributed by atoms with Gasteiger partial charge in [-0.05, 0) is 71.0 Å². The van der Waals surface area contributed by atoms with Crippen molar-refractivity contribution in [2.24, 2.45) is 0 Å². The maximum Gasteiger partial charge on any atom is 1.00 e. The number of rotatable bonds is 12. The first-order chi connectivity index (χ1) is 23.7. The Hall–Kier alpha value is -2.69. The first-order valence-corrected chi connectivity index (χ1v) is 16.1. The number of alkyl halides is 4. The van der Waals surface area contributed by atoms with Crippen LogP contribution in [0.5, 0.6) is 17.2 Å². The van der Waals surface area contributed by atoms with Crippen LogP contribution in [0.3, 0.4) is 0 Å². The molecule has 3 rings (SSSR count). The van der Waals surface area contributed by atoms with Crippen molar-refractivity contribution >= 4 is 17.7 Å². The molecule has 292 valence electrons.